The molecule has 0 aromatic heterocycles. The molecule has 2 bridgehead atoms. The fourth-order valence-electron chi connectivity index (χ4n) is 3.73. The number of nitrogens with one attached hydrogen (secondary N) is 1. The van der Waals surface area contributed by atoms with E-state index in [0.717, 1.165) is 44.2 Å². The molecule has 0 radical (unpaired) electrons. The molecule has 3 aliphatic rings. The van der Waals surface area contributed by atoms with Crippen LogP contribution in [0.15, 0.2) is 0 Å². The van der Waals surface area contributed by atoms with Gasteiger partial charge in [-0.15, -0.1) is 0 Å². The second-order valence-electron chi connectivity index (χ2n) is 5.69. The highest BCUT2D eigenvalue weighted by molar-refractivity contribution is 4.94. The standard InChI is InChI=1S/C13H24N2O/c1-2-12-9-11(1)10-13(12)14-3-4-15-5-7-16-8-6-15/h11-14H,1-10H2/t11-,12-,13-/m1/s1. The number of rotatable bonds is 4. The maximum absolute atomic E-state index is 5.36. The van der Waals surface area contributed by atoms with Gasteiger partial charge < -0.3 is 10.1 Å². The predicted molar refractivity (Wildman–Crippen MR) is 64.5 cm³/mol. The molecule has 92 valence electrons. The van der Waals surface area contributed by atoms with Crippen molar-refractivity contribution in [2.75, 3.05) is 39.4 Å². The van der Waals surface area contributed by atoms with Crippen molar-refractivity contribution in [2.45, 2.75) is 31.7 Å². The van der Waals surface area contributed by atoms with Gasteiger partial charge in [0.2, 0.25) is 0 Å². The highest BCUT2D eigenvalue weighted by Gasteiger charge is 2.38. The van der Waals surface area contributed by atoms with Crippen molar-refractivity contribution < 1.29 is 4.74 Å². The fourth-order valence-corrected chi connectivity index (χ4v) is 3.73. The Hall–Kier alpha value is -0.120. The van der Waals surface area contributed by atoms with Crippen LogP contribution in [0.4, 0.5) is 0 Å². The summed E-state index contributed by atoms with van der Waals surface area (Å²) in [7, 11) is 0. The molecule has 0 aromatic carbocycles. The van der Waals surface area contributed by atoms with E-state index in [2.05, 4.69) is 10.2 Å². The van der Waals surface area contributed by atoms with Gasteiger partial charge in [0.15, 0.2) is 0 Å². The van der Waals surface area contributed by atoms with E-state index in [4.69, 9.17) is 4.74 Å². The van der Waals surface area contributed by atoms with E-state index in [0.29, 0.717) is 0 Å². The lowest BCUT2D eigenvalue weighted by Crippen LogP contribution is -2.43. The van der Waals surface area contributed by atoms with Gasteiger partial charge in [-0.1, -0.05) is 6.42 Å². The third-order valence-electron chi connectivity index (χ3n) is 4.68. The van der Waals surface area contributed by atoms with Crippen LogP contribution in [0.1, 0.15) is 25.7 Å². The van der Waals surface area contributed by atoms with Crippen LogP contribution >= 0.6 is 0 Å². The molecule has 0 amide bonds. The largest absolute Gasteiger partial charge is 0.379 e. The third-order valence-corrected chi connectivity index (χ3v) is 4.68. The molecule has 1 heterocycles. The summed E-state index contributed by atoms with van der Waals surface area (Å²) in [5.74, 6) is 2.07. The van der Waals surface area contributed by atoms with Gasteiger partial charge in [0, 0.05) is 32.2 Å². The number of nitrogens with zero attached hydrogens (tertiary/aromatic N) is 1. The van der Waals surface area contributed by atoms with Crippen LogP contribution in [0.3, 0.4) is 0 Å². The molecule has 3 heteroatoms. The molecule has 0 aromatic rings. The smallest absolute Gasteiger partial charge is 0.0594 e. The van der Waals surface area contributed by atoms with Crippen LogP contribution in [0.5, 0.6) is 0 Å². The average molecular weight is 224 g/mol. The summed E-state index contributed by atoms with van der Waals surface area (Å²) in [5.41, 5.74) is 0. The maximum atomic E-state index is 5.36. The summed E-state index contributed by atoms with van der Waals surface area (Å²) in [6, 6.07) is 0.847. The van der Waals surface area contributed by atoms with Gasteiger partial charge >= 0.3 is 0 Å². The van der Waals surface area contributed by atoms with E-state index >= 15 is 0 Å². The van der Waals surface area contributed by atoms with Crippen LogP contribution in [0.25, 0.3) is 0 Å². The van der Waals surface area contributed by atoms with E-state index in [1.807, 2.05) is 0 Å². The number of morpholine rings is 1. The zero-order chi connectivity index (χ0) is 10.8. The van der Waals surface area contributed by atoms with Crippen LogP contribution in [-0.4, -0.2) is 50.3 Å². The van der Waals surface area contributed by atoms with E-state index in [9.17, 15) is 0 Å². The Bertz CT molecular complexity index is 228. The molecule has 2 aliphatic carbocycles. The summed E-state index contributed by atoms with van der Waals surface area (Å²) in [4.78, 5) is 2.52. The molecule has 16 heavy (non-hydrogen) atoms. The van der Waals surface area contributed by atoms with E-state index in [1.165, 1.54) is 38.8 Å². The van der Waals surface area contributed by atoms with Gasteiger partial charge in [-0.2, -0.15) is 0 Å². The molecule has 0 unspecified atom stereocenters. The van der Waals surface area contributed by atoms with Crippen molar-refractivity contribution in [1.82, 2.24) is 10.2 Å². The predicted octanol–water partition coefficient (Wildman–Crippen LogP) is 1.10. The number of ether oxygens (including phenoxy) is 1. The van der Waals surface area contributed by atoms with E-state index < -0.39 is 0 Å². The first-order valence-corrected chi connectivity index (χ1v) is 6.95. The molecule has 1 aliphatic heterocycles. The molecule has 3 fully saturated rings. The van der Waals surface area contributed by atoms with Crippen molar-refractivity contribution in [3.63, 3.8) is 0 Å². The maximum Gasteiger partial charge on any atom is 0.0594 e. The SMILES string of the molecule is C(CN1CCOCC1)N[C@@H]1C[C@@H]2CC[C@@H]1C2. The lowest BCUT2D eigenvalue weighted by Gasteiger charge is -2.28. The van der Waals surface area contributed by atoms with Crippen LogP contribution < -0.4 is 5.32 Å². The van der Waals surface area contributed by atoms with Crippen LogP contribution in [0, 0.1) is 11.8 Å². The lowest BCUT2D eigenvalue weighted by molar-refractivity contribution is 0.0379. The van der Waals surface area contributed by atoms with Gasteiger partial charge in [-0.25, -0.2) is 0 Å². The summed E-state index contributed by atoms with van der Waals surface area (Å²) < 4.78 is 5.36. The fraction of sp³-hybridized carbons (Fsp3) is 1.00. The monoisotopic (exact) mass is 224 g/mol. The second kappa shape index (κ2) is 5.03. The van der Waals surface area contributed by atoms with Crippen LogP contribution in [-0.2, 0) is 4.74 Å². The quantitative estimate of drug-likeness (QED) is 0.774. The Morgan fingerprint density at radius 2 is 2.00 bits per heavy atom. The first kappa shape index (κ1) is 11.0. The van der Waals surface area contributed by atoms with Gasteiger partial charge in [0.1, 0.15) is 0 Å². The minimum absolute atomic E-state index is 0.847. The molecule has 1 saturated heterocycles. The minimum Gasteiger partial charge on any atom is -0.379 e. The molecular formula is C13H24N2O. The number of hydrogen-bond acceptors (Lipinski definition) is 3. The van der Waals surface area contributed by atoms with E-state index in [1.54, 1.807) is 0 Å². The topological polar surface area (TPSA) is 24.5 Å². The molecule has 0 spiro atoms. The van der Waals surface area contributed by atoms with Gasteiger partial charge in [-0.3, -0.25) is 4.90 Å². The Balaban J connectivity index is 1.34. The molecule has 2 saturated carbocycles. The van der Waals surface area contributed by atoms with Gasteiger partial charge in [-0.05, 0) is 31.1 Å². The molecular weight excluding hydrogens is 200 g/mol. The first-order chi connectivity index (χ1) is 7.92. The summed E-state index contributed by atoms with van der Waals surface area (Å²) in [5, 5.41) is 3.78. The van der Waals surface area contributed by atoms with Crippen molar-refractivity contribution in [3.05, 3.63) is 0 Å². The molecule has 1 N–H and O–H groups in total. The lowest BCUT2D eigenvalue weighted by atomic mass is 9.95. The minimum atomic E-state index is 0.847. The van der Waals surface area contributed by atoms with Crippen molar-refractivity contribution in [1.29, 1.82) is 0 Å². The van der Waals surface area contributed by atoms with Crippen LogP contribution in [0.2, 0.25) is 0 Å². The Morgan fingerprint density at radius 3 is 2.69 bits per heavy atom. The summed E-state index contributed by atoms with van der Waals surface area (Å²) in [6.45, 7) is 6.48. The number of fused-ring (bicyclic) bond motifs is 2. The van der Waals surface area contributed by atoms with E-state index in [-0.39, 0.29) is 0 Å². The zero-order valence-electron chi connectivity index (χ0n) is 10.2. The van der Waals surface area contributed by atoms with Crippen molar-refractivity contribution >= 4 is 0 Å². The molecule has 3 atom stereocenters. The Labute approximate surface area is 98.5 Å². The summed E-state index contributed by atoms with van der Waals surface area (Å²) >= 11 is 0. The Morgan fingerprint density at radius 1 is 1.12 bits per heavy atom. The zero-order valence-corrected chi connectivity index (χ0v) is 10.2. The molecule has 3 nitrogen and oxygen atoms in total. The average Bonchev–Trinajstić information content (AvgIpc) is 2.92. The normalized spacial score (nSPS) is 39.4. The first-order valence-electron chi connectivity index (χ1n) is 6.95. The third kappa shape index (κ3) is 2.41. The number of hydrogen-bond donors (Lipinski definition) is 1. The van der Waals surface area contributed by atoms with Crippen molar-refractivity contribution in [2.24, 2.45) is 11.8 Å². The van der Waals surface area contributed by atoms with Gasteiger partial charge in [0.05, 0.1) is 13.2 Å². The van der Waals surface area contributed by atoms with Gasteiger partial charge in [0.25, 0.3) is 0 Å². The second-order valence-corrected chi connectivity index (χ2v) is 5.69. The Kier molecular flexibility index (Phi) is 3.46. The summed E-state index contributed by atoms with van der Waals surface area (Å²) in [6.07, 6.45) is 5.95. The molecule has 3 rings (SSSR count). The van der Waals surface area contributed by atoms with Crippen molar-refractivity contribution in [3.8, 4) is 0 Å². The highest BCUT2D eigenvalue weighted by atomic mass is 16.5. The highest BCUT2D eigenvalue weighted by Crippen LogP contribution is 2.44.